The van der Waals surface area contributed by atoms with Crippen molar-refractivity contribution in [1.82, 2.24) is 0 Å². The predicted molar refractivity (Wildman–Crippen MR) is 123 cm³/mol. The van der Waals surface area contributed by atoms with Gasteiger partial charge in [0.25, 0.3) is 0 Å². The summed E-state index contributed by atoms with van der Waals surface area (Å²) in [4.78, 5) is 28.1. The van der Waals surface area contributed by atoms with Crippen LogP contribution in [0.5, 0.6) is 0 Å². The Bertz CT molecular complexity index is 1190. The Morgan fingerprint density at radius 3 is 2.88 bits per heavy atom. The number of carbonyl (C=O) groups is 2. The number of amides is 2. The monoisotopic (exact) mass is 468 g/mol. The number of hydrogen-bond donors (Lipinski definition) is 1. The third kappa shape index (κ3) is 3.81. The molecule has 5 rings (SSSR count). The van der Waals surface area contributed by atoms with Crippen LogP contribution < -0.4 is 10.2 Å². The van der Waals surface area contributed by atoms with E-state index in [9.17, 15) is 14.0 Å². The minimum atomic E-state index is -1.06. The van der Waals surface area contributed by atoms with Gasteiger partial charge in [-0.2, -0.15) is 0 Å². The Balaban J connectivity index is 1.49. The second kappa shape index (κ2) is 8.65. The molecule has 6 nitrogen and oxygen atoms in total. The fraction of sp³-hybridized carbons (Fsp3) is 0.280. The highest BCUT2D eigenvalue weighted by Gasteiger charge is 2.52. The van der Waals surface area contributed by atoms with Gasteiger partial charge in [0, 0.05) is 17.0 Å². The third-order valence-corrected chi connectivity index (χ3v) is 6.56. The molecule has 2 amide bonds. The third-order valence-electron chi connectivity index (χ3n) is 6.24. The number of halogens is 2. The van der Waals surface area contributed by atoms with Gasteiger partial charge in [-0.1, -0.05) is 35.9 Å². The van der Waals surface area contributed by atoms with Gasteiger partial charge in [0.05, 0.1) is 31.2 Å². The van der Waals surface area contributed by atoms with Crippen LogP contribution in [0.2, 0.25) is 5.02 Å². The fourth-order valence-corrected chi connectivity index (χ4v) is 5.02. The first-order valence-corrected chi connectivity index (χ1v) is 11.1. The smallest absolute Gasteiger partial charge is 0.244 e. The maximum Gasteiger partial charge on any atom is 0.244 e. The number of nitrogens with zero attached hydrogens (tertiary/aromatic N) is 1. The van der Waals surface area contributed by atoms with E-state index in [1.165, 1.54) is 17.0 Å². The van der Waals surface area contributed by atoms with Crippen LogP contribution in [-0.2, 0) is 24.5 Å². The van der Waals surface area contributed by atoms with E-state index < -0.39 is 17.1 Å². The Hall–Kier alpha value is -3.16. The number of anilines is 2. The van der Waals surface area contributed by atoms with Gasteiger partial charge in [-0.15, -0.1) is 0 Å². The Morgan fingerprint density at radius 1 is 1.18 bits per heavy atom. The summed E-state index contributed by atoms with van der Waals surface area (Å²) in [7, 11) is 0. The molecule has 0 bridgehead atoms. The van der Waals surface area contributed by atoms with Crippen molar-refractivity contribution in [3.05, 3.63) is 82.4 Å². The standard InChI is InChI=1S/C25H22ClFN2O4/c26-17-4-3-7-20-23(17)25(11-8-16-9-13-33-21(16)10-12-32-15-25)24(31)29(20)14-22(30)28-19-6-2-1-5-18(19)27/h1-8,10H,9,11-15H2,(H,28,30)/b16-8-,21-10+. The SMILES string of the molecule is O=C(CN1C(=O)C2(C/C=C3/CCO/C3=C/COC2)c2c(Cl)cccc21)Nc1ccccc1F. The molecule has 0 radical (unpaired) electrons. The molecule has 2 aromatic carbocycles. The minimum absolute atomic E-state index is 0.0607. The van der Waals surface area contributed by atoms with E-state index in [4.69, 9.17) is 21.1 Å². The van der Waals surface area contributed by atoms with Crippen LogP contribution in [0, 0.1) is 5.82 Å². The van der Waals surface area contributed by atoms with Crippen molar-refractivity contribution < 1.29 is 23.5 Å². The van der Waals surface area contributed by atoms with Crippen molar-refractivity contribution in [2.75, 3.05) is 36.6 Å². The van der Waals surface area contributed by atoms with Crippen LogP contribution >= 0.6 is 11.6 Å². The highest BCUT2D eigenvalue weighted by atomic mass is 35.5. The lowest BCUT2D eigenvalue weighted by molar-refractivity contribution is -0.126. The molecular formula is C25H22ClFN2O4. The molecule has 2 aromatic rings. The van der Waals surface area contributed by atoms with Crippen LogP contribution in [-0.4, -0.2) is 38.2 Å². The first-order valence-electron chi connectivity index (χ1n) is 10.7. The molecule has 1 fully saturated rings. The quantitative estimate of drug-likeness (QED) is 0.727. The summed E-state index contributed by atoms with van der Waals surface area (Å²) in [5.74, 6) is -0.532. The van der Waals surface area contributed by atoms with Gasteiger partial charge in [0.15, 0.2) is 0 Å². The first-order chi connectivity index (χ1) is 16.0. The van der Waals surface area contributed by atoms with Gasteiger partial charge in [-0.3, -0.25) is 9.59 Å². The molecule has 1 spiro atoms. The maximum absolute atomic E-state index is 14.0. The topological polar surface area (TPSA) is 67.9 Å². The molecule has 1 N–H and O–H groups in total. The number of fused-ring (bicyclic) bond motifs is 3. The largest absolute Gasteiger partial charge is 0.493 e. The molecule has 8 heteroatoms. The van der Waals surface area contributed by atoms with E-state index in [2.05, 4.69) is 5.32 Å². The molecule has 0 aliphatic carbocycles. The van der Waals surface area contributed by atoms with Crippen molar-refractivity contribution in [2.45, 2.75) is 18.3 Å². The van der Waals surface area contributed by atoms with Crippen LogP contribution in [0.1, 0.15) is 18.4 Å². The summed E-state index contributed by atoms with van der Waals surface area (Å²) < 4.78 is 25.6. The number of hydrogen-bond acceptors (Lipinski definition) is 4. The van der Waals surface area contributed by atoms with Crippen molar-refractivity contribution in [3.63, 3.8) is 0 Å². The minimum Gasteiger partial charge on any atom is -0.493 e. The lowest BCUT2D eigenvalue weighted by Gasteiger charge is -2.28. The maximum atomic E-state index is 14.0. The molecule has 3 aliphatic heterocycles. The number of nitrogens with one attached hydrogen (secondary N) is 1. The highest BCUT2D eigenvalue weighted by Crippen LogP contribution is 2.48. The van der Waals surface area contributed by atoms with Crippen LogP contribution in [0.25, 0.3) is 0 Å². The highest BCUT2D eigenvalue weighted by molar-refractivity contribution is 6.33. The summed E-state index contributed by atoms with van der Waals surface area (Å²) >= 11 is 6.61. The summed E-state index contributed by atoms with van der Waals surface area (Å²) in [6.45, 7) is 0.737. The lowest BCUT2D eigenvalue weighted by Crippen LogP contribution is -2.46. The van der Waals surface area contributed by atoms with Gasteiger partial charge < -0.3 is 19.7 Å². The second-order valence-corrected chi connectivity index (χ2v) is 8.66. The normalized spacial score (nSPS) is 25.0. The zero-order valence-electron chi connectivity index (χ0n) is 17.8. The van der Waals surface area contributed by atoms with Gasteiger partial charge in [-0.25, -0.2) is 4.39 Å². The number of carbonyl (C=O) groups excluding carboxylic acids is 2. The van der Waals surface area contributed by atoms with Gasteiger partial charge in [0.1, 0.15) is 23.5 Å². The summed E-state index contributed by atoms with van der Waals surface area (Å²) in [6.07, 6.45) is 5.02. The van der Waals surface area contributed by atoms with Gasteiger partial charge in [-0.05, 0) is 42.3 Å². The average molecular weight is 469 g/mol. The number of para-hydroxylation sites is 1. The van der Waals surface area contributed by atoms with E-state index in [1.54, 1.807) is 30.3 Å². The first kappa shape index (κ1) is 21.7. The van der Waals surface area contributed by atoms with Crippen molar-refractivity contribution >= 4 is 34.8 Å². The number of ether oxygens (including phenoxy) is 2. The average Bonchev–Trinajstić information content (AvgIpc) is 3.35. The predicted octanol–water partition coefficient (Wildman–Crippen LogP) is 4.35. The Kier molecular flexibility index (Phi) is 5.68. The molecule has 1 atom stereocenters. The molecule has 0 saturated carbocycles. The molecule has 3 heterocycles. The summed E-state index contributed by atoms with van der Waals surface area (Å²) in [5, 5.41) is 2.99. The number of benzene rings is 2. The number of rotatable bonds is 3. The zero-order chi connectivity index (χ0) is 23.0. The molecule has 0 aromatic heterocycles. The molecule has 33 heavy (non-hydrogen) atoms. The molecule has 3 aliphatic rings. The molecule has 170 valence electrons. The van der Waals surface area contributed by atoms with E-state index >= 15 is 0 Å². The molecular weight excluding hydrogens is 447 g/mol. The second-order valence-electron chi connectivity index (χ2n) is 8.25. The van der Waals surface area contributed by atoms with Crippen LogP contribution in [0.15, 0.2) is 65.9 Å². The van der Waals surface area contributed by atoms with Crippen LogP contribution in [0.4, 0.5) is 15.8 Å². The van der Waals surface area contributed by atoms with E-state index in [1.807, 2.05) is 12.2 Å². The summed E-state index contributed by atoms with van der Waals surface area (Å²) in [6, 6.07) is 11.1. The van der Waals surface area contributed by atoms with E-state index in [0.717, 1.165) is 17.8 Å². The summed E-state index contributed by atoms with van der Waals surface area (Å²) in [5.41, 5.74) is 1.25. The van der Waals surface area contributed by atoms with Gasteiger partial charge in [0.2, 0.25) is 11.8 Å². The molecule has 1 unspecified atom stereocenters. The molecule has 1 saturated heterocycles. The van der Waals surface area contributed by atoms with E-state index in [-0.39, 0.29) is 24.7 Å². The van der Waals surface area contributed by atoms with Crippen molar-refractivity contribution in [1.29, 1.82) is 0 Å². The Labute approximate surface area is 195 Å². The lowest BCUT2D eigenvalue weighted by atomic mass is 9.78. The van der Waals surface area contributed by atoms with Gasteiger partial charge >= 0.3 is 0 Å². The van der Waals surface area contributed by atoms with Crippen molar-refractivity contribution in [2.24, 2.45) is 0 Å². The zero-order valence-corrected chi connectivity index (χ0v) is 18.5. The Morgan fingerprint density at radius 2 is 2.03 bits per heavy atom. The van der Waals surface area contributed by atoms with Crippen LogP contribution in [0.3, 0.4) is 0 Å². The number of allylic oxidation sites excluding steroid dienone is 2. The van der Waals surface area contributed by atoms with E-state index in [0.29, 0.717) is 35.9 Å². The van der Waals surface area contributed by atoms with Crippen molar-refractivity contribution in [3.8, 4) is 0 Å². The fourth-order valence-electron chi connectivity index (χ4n) is 4.67.